The average Bonchev–Trinajstić information content (AvgIpc) is 2.01. The minimum Gasteiger partial charge on any atom is -0.324 e. The Morgan fingerprint density at radius 1 is 1.36 bits per heavy atom. The van der Waals surface area contributed by atoms with E-state index in [1.807, 2.05) is 0 Å². The molecule has 0 radical (unpaired) electrons. The second-order valence-electron chi connectivity index (χ2n) is 3.21. The van der Waals surface area contributed by atoms with Gasteiger partial charge in [-0.05, 0) is 31.5 Å². The first kappa shape index (κ1) is 11.0. The van der Waals surface area contributed by atoms with Crippen molar-refractivity contribution in [2.45, 2.75) is 26.1 Å². The lowest BCUT2D eigenvalue weighted by atomic mass is 10.1. The van der Waals surface area contributed by atoms with Crippen molar-refractivity contribution in [1.29, 1.82) is 0 Å². The van der Waals surface area contributed by atoms with Gasteiger partial charge < -0.3 is 5.73 Å². The summed E-state index contributed by atoms with van der Waals surface area (Å²) in [4.78, 5) is 3.41. The molecule has 14 heavy (non-hydrogen) atoms. The molecule has 2 N–H and O–H groups in total. The van der Waals surface area contributed by atoms with Crippen molar-refractivity contribution in [3.63, 3.8) is 0 Å². The van der Waals surface area contributed by atoms with Gasteiger partial charge in [0.05, 0.1) is 0 Å². The summed E-state index contributed by atoms with van der Waals surface area (Å²) in [7, 11) is 0. The fourth-order valence-electron chi connectivity index (χ4n) is 1.10. The van der Waals surface area contributed by atoms with Gasteiger partial charge in [0.2, 0.25) is 0 Å². The highest BCUT2D eigenvalue weighted by atomic mass is 19.4. The van der Waals surface area contributed by atoms with Crippen molar-refractivity contribution in [3.05, 3.63) is 29.1 Å². The molecule has 1 aromatic heterocycles. The SMILES string of the molecule is Cc1cc(C(C)N)cc(C(F)(F)F)n1. The van der Waals surface area contributed by atoms with Crippen LogP contribution in [0.4, 0.5) is 13.2 Å². The lowest BCUT2D eigenvalue weighted by molar-refractivity contribution is -0.141. The third-order valence-corrected chi connectivity index (χ3v) is 1.79. The van der Waals surface area contributed by atoms with Gasteiger partial charge in [-0.15, -0.1) is 0 Å². The van der Waals surface area contributed by atoms with E-state index >= 15 is 0 Å². The van der Waals surface area contributed by atoms with Crippen molar-refractivity contribution < 1.29 is 13.2 Å². The van der Waals surface area contributed by atoms with Crippen LogP contribution in [0.25, 0.3) is 0 Å². The van der Waals surface area contributed by atoms with Crippen molar-refractivity contribution in [1.82, 2.24) is 4.98 Å². The summed E-state index contributed by atoms with van der Waals surface area (Å²) in [6, 6.07) is 2.12. The zero-order chi connectivity index (χ0) is 10.9. The van der Waals surface area contributed by atoms with E-state index in [1.54, 1.807) is 13.0 Å². The third kappa shape index (κ3) is 2.45. The van der Waals surface area contributed by atoms with Crippen LogP contribution in [-0.2, 0) is 6.18 Å². The Bertz CT molecular complexity index is 331. The second-order valence-corrected chi connectivity index (χ2v) is 3.21. The fourth-order valence-corrected chi connectivity index (χ4v) is 1.10. The molecule has 5 heteroatoms. The van der Waals surface area contributed by atoms with Gasteiger partial charge in [0.15, 0.2) is 0 Å². The van der Waals surface area contributed by atoms with Crippen LogP contribution in [0.15, 0.2) is 12.1 Å². The Labute approximate surface area is 79.9 Å². The van der Waals surface area contributed by atoms with E-state index in [2.05, 4.69) is 4.98 Å². The Kier molecular flexibility index (Phi) is 2.80. The first-order valence-electron chi connectivity index (χ1n) is 4.12. The molecule has 0 aromatic carbocycles. The summed E-state index contributed by atoms with van der Waals surface area (Å²) >= 11 is 0. The maximum absolute atomic E-state index is 12.3. The molecular formula is C9H11F3N2. The summed E-state index contributed by atoms with van der Waals surface area (Å²) in [5.74, 6) is 0. The standard InChI is InChI=1S/C9H11F3N2/c1-5-3-7(6(2)13)4-8(14-5)9(10,11)12/h3-4,6H,13H2,1-2H3. The highest BCUT2D eigenvalue weighted by Crippen LogP contribution is 2.29. The van der Waals surface area contributed by atoms with E-state index < -0.39 is 17.9 Å². The number of rotatable bonds is 1. The van der Waals surface area contributed by atoms with Gasteiger partial charge in [-0.1, -0.05) is 0 Å². The highest BCUT2D eigenvalue weighted by Gasteiger charge is 2.33. The molecule has 1 unspecified atom stereocenters. The van der Waals surface area contributed by atoms with Crippen LogP contribution in [-0.4, -0.2) is 4.98 Å². The van der Waals surface area contributed by atoms with Gasteiger partial charge in [0.1, 0.15) is 5.69 Å². The van der Waals surface area contributed by atoms with Gasteiger partial charge in [0, 0.05) is 11.7 Å². The minimum absolute atomic E-state index is 0.326. The smallest absolute Gasteiger partial charge is 0.324 e. The van der Waals surface area contributed by atoms with E-state index in [1.165, 1.54) is 6.92 Å². The number of pyridine rings is 1. The van der Waals surface area contributed by atoms with Crippen LogP contribution < -0.4 is 5.73 Å². The predicted molar refractivity (Wildman–Crippen MR) is 46.6 cm³/mol. The van der Waals surface area contributed by atoms with E-state index in [0.29, 0.717) is 11.3 Å². The molecule has 1 aromatic rings. The normalized spacial score (nSPS) is 14.1. The third-order valence-electron chi connectivity index (χ3n) is 1.79. The Morgan fingerprint density at radius 2 is 1.93 bits per heavy atom. The van der Waals surface area contributed by atoms with Crippen molar-refractivity contribution in [2.24, 2.45) is 5.73 Å². The first-order chi connectivity index (χ1) is 6.30. The van der Waals surface area contributed by atoms with E-state index in [4.69, 9.17) is 5.73 Å². The number of halogens is 3. The van der Waals surface area contributed by atoms with E-state index in [-0.39, 0.29) is 0 Å². The van der Waals surface area contributed by atoms with Crippen LogP contribution in [0.2, 0.25) is 0 Å². The topological polar surface area (TPSA) is 38.9 Å². The second kappa shape index (κ2) is 3.57. The molecule has 0 fully saturated rings. The number of hydrogen-bond donors (Lipinski definition) is 1. The largest absolute Gasteiger partial charge is 0.433 e. The summed E-state index contributed by atoms with van der Waals surface area (Å²) in [6.07, 6.45) is -4.41. The molecule has 0 aliphatic heterocycles. The summed E-state index contributed by atoms with van der Waals surface area (Å²) in [5, 5.41) is 0. The highest BCUT2D eigenvalue weighted by molar-refractivity contribution is 5.24. The lowest BCUT2D eigenvalue weighted by Crippen LogP contribution is -2.12. The molecular weight excluding hydrogens is 193 g/mol. The Balaban J connectivity index is 3.21. The van der Waals surface area contributed by atoms with Crippen LogP contribution in [0.5, 0.6) is 0 Å². The summed E-state index contributed by atoms with van der Waals surface area (Å²) < 4.78 is 36.9. The van der Waals surface area contributed by atoms with Gasteiger partial charge in [-0.25, -0.2) is 4.98 Å². The van der Waals surface area contributed by atoms with Gasteiger partial charge >= 0.3 is 6.18 Å². The molecule has 0 saturated carbocycles. The monoisotopic (exact) mass is 204 g/mol. The number of hydrogen-bond acceptors (Lipinski definition) is 2. The molecule has 0 amide bonds. The first-order valence-corrected chi connectivity index (χ1v) is 4.12. The van der Waals surface area contributed by atoms with Crippen LogP contribution in [0.1, 0.15) is 29.9 Å². The number of nitrogens with zero attached hydrogens (tertiary/aromatic N) is 1. The molecule has 1 rings (SSSR count). The number of aryl methyl sites for hydroxylation is 1. The maximum Gasteiger partial charge on any atom is 0.433 e. The number of nitrogens with two attached hydrogens (primary N) is 1. The fraction of sp³-hybridized carbons (Fsp3) is 0.444. The Morgan fingerprint density at radius 3 is 2.36 bits per heavy atom. The maximum atomic E-state index is 12.3. The molecule has 1 atom stereocenters. The van der Waals surface area contributed by atoms with Gasteiger partial charge in [-0.2, -0.15) is 13.2 Å². The van der Waals surface area contributed by atoms with Crippen molar-refractivity contribution in [3.8, 4) is 0 Å². The number of alkyl halides is 3. The molecule has 78 valence electrons. The van der Waals surface area contributed by atoms with Crippen molar-refractivity contribution >= 4 is 0 Å². The molecule has 0 bridgehead atoms. The molecule has 1 heterocycles. The zero-order valence-corrected chi connectivity index (χ0v) is 7.89. The van der Waals surface area contributed by atoms with Crippen LogP contribution >= 0.6 is 0 Å². The Hall–Kier alpha value is -1.10. The van der Waals surface area contributed by atoms with Gasteiger partial charge in [0.25, 0.3) is 0 Å². The predicted octanol–water partition coefficient (Wildman–Crippen LogP) is 2.43. The lowest BCUT2D eigenvalue weighted by Gasteiger charge is -2.11. The number of aromatic nitrogens is 1. The molecule has 2 nitrogen and oxygen atoms in total. The zero-order valence-electron chi connectivity index (χ0n) is 7.89. The summed E-state index contributed by atoms with van der Waals surface area (Å²) in [6.45, 7) is 3.15. The molecule has 0 aliphatic rings. The van der Waals surface area contributed by atoms with E-state index in [9.17, 15) is 13.2 Å². The molecule has 0 aliphatic carbocycles. The molecule has 0 saturated heterocycles. The average molecular weight is 204 g/mol. The van der Waals surface area contributed by atoms with E-state index in [0.717, 1.165) is 6.07 Å². The summed E-state index contributed by atoms with van der Waals surface area (Å²) in [5.41, 5.74) is 5.39. The van der Waals surface area contributed by atoms with Crippen LogP contribution in [0.3, 0.4) is 0 Å². The van der Waals surface area contributed by atoms with Crippen LogP contribution in [0, 0.1) is 6.92 Å². The quantitative estimate of drug-likeness (QED) is 0.763. The van der Waals surface area contributed by atoms with Gasteiger partial charge in [-0.3, -0.25) is 0 Å². The molecule has 0 spiro atoms. The van der Waals surface area contributed by atoms with Crippen molar-refractivity contribution in [2.75, 3.05) is 0 Å². The minimum atomic E-state index is -4.41.